The summed E-state index contributed by atoms with van der Waals surface area (Å²) < 4.78 is 17.6. The first-order valence-electron chi connectivity index (χ1n) is 6.14. The summed E-state index contributed by atoms with van der Waals surface area (Å²) >= 11 is 0. The van der Waals surface area contributed by atoms with E-state index in [1.54, 1.807) is 11.8 Å². The Morgan fingerprint density at radius 3 is 2.79 bits per heavy atom. The third-order valence-corrected chi connectivity index (χ3v) is 2.74. The molecule has 2 aromatic rings. The first-order valence-corrected chi connectivity index (χ1v) is 6.14. The van der Waals surface area contributed by atoms with E-state index in [-0.39, 0.29) is 0 Å². The van der Waals surface area contributed by atoms with Gasteiger partial charge in [0.25, 0.3) is 0 Å². The summed E-state index contributed by atoms with van der Waals surface area (Å²) in [5.41, 5.74) is 7.47. The minimum absolute atomic E-state index is 0.449. The van der Waals surface area contributed by atoms with Crippen LogP contribution >= 0.6 is 0 Å². The fourth-order valence-corrected chi connectivity index (χ4v) is 1.80. The van der Waals surface area contributed by atoms with Crippen molar-refractivity contribution < 1.29 is 14.2 Å². The number of hydrogen-bond acceptors (Lipinski definition) is 5. The Hall–Kier alpha value is -1.79. The molecule has 0 radical (unpaired) electrons. The van der Waals surface area contributed by atoms with Crippen molar-refractivity contribution >= 4 is 16.6 Å². The van der Waals surface area contributed by atoms with E-state index in [1.165, 1.54) is 0 Å². The average Bonchev–Trinajstić information content (AvgIpc) is 2.70. The third kappa shape index (κ3) is 3.36. The van der Waals surface area contributed by atoms with Crippen molar-refractivity contribution in [1.29, 1.82) is 0 Å². The molecule has 0 atom stereocenters. The number of ether oxygens (including phenoxy) is 3. The zero-order chi connectivity index (χ0) is 13.7. The van der Waals surface area contributed by atoms with Crippen LogP contribution in [-0.4, -0.2) is 43.3 Å². The number of methoxy groups -OCH3 is 1. The molecule has 0 spiro atoms. The second kappa shape index (κ2) is 6.40. The normalized spacial score (nSPS) is 11.1. The van der Waals surface area contributed by atoms with E-state index in [4.69, 9.17) is 19.9 Å². The number of aryl methyl sites for hydroxylation is 1. The Kier molecular flexibility index (Phi) is 4.59. The second-order valence-corrected chi connectivity index (χ2v) is 4.16. The molecule has 1 aromatic heterocycles. The van der Waals surface area contributed by atoms with E-state index < -0.39 is 0 Å². The van der Waals surface area contributed by atoms with Crippen LogP contribution in [-0.2, 0) is 16.5 Å². The lowest BCUT2D eigenvalue weighted by molar-refractivity contribution is 0.0538. The van der Waals surface area contributed by atoms with Crippen molar-refractivity contribution in [2.45, 2.75) is 0 Å². The molecule has 1 heterocycles. The molecule has 6 heteroatoms. The van der Waals surface area contributed by atoms with Crippen molar-refractivity contribution in [3.05, 3.63) is 18.2 Å². The zero-order valence-corrected chi connectivity index (χ0v) is 11.3. The van der Waals surface area contributed by atoms with Crippen LogP contribution < -0.4 is 10.5 Å². The lowest BCUT2D eigenvalue weighted by Crippen LogP contribution is -2.10. The molecule has 2 rings (SSSR count). The predicted octanol–water partition coefficient (Wildman–Crippen LogP) is 1.20. The van der Waals surface area contributed by atoms with Gasteiger partial charge in [0.05, 0.1) is 30.7 Å². The molecule has 0 saturated carbocycles. The highest BCUT2D eigenvalue weighted by atomic mass is 16.5. The molecule has 19 heavy (non-hydrogen) atoms. The molecule has 2 N–H and O–H groups in total. The summed E-state index contributed by atoms with van der Waals surface area (Å²) in [6, 6.07) is 5.64. The van der Waals surface area contributed by atoms with Crippen LogP contribution in [0.15, 0.2) is 18.2 Å². The van der Waals surface area contributed by atoms with E-state index >= 15 is 0 Å². The number of nitrogens with zero attached hydrogens (tertiary/aromatic N) is 2. The van der Waals surface area contributed by atoms with Gasteiger partial charge in [0.15, 0.2) is 0 Å². The van der Waals surface area contributed by atoms with E-state index in [0.29, 0.717) is 38.0 Å². The lowest BCUT2D eigenvalue weighted by Gasteiger charge is -2.04. The van der Waals surface area contributed by atoms with Crippen LogP contribution in [0.3, 0.4) is 0 Å². The van der Waals surface area contributed by atoms with Gasteiger partial charge in [-0.25, -0.2) is 0 Å². The Balaban J connectivity index is 1.95. The fourth-order valence-electron chi connectivity index (χ4n) is 1.80. The topological polar surface area (TPSA) is 71.5 Å². The smallest absolute Gasteiger partial charge is 0.240 e. The summed E-state index contributed by atoms with van der Waals surface area (Å²) in [6.45, 7) is 2.10. The first-order chi connectivity index (χ1) is 9.22. The highest BCUT2D eigenvalue weighted by Gasteiger charge is 2.09. The van der Waals surface area contributed by atoms with Crippen molar-refractivity contribution in [3.63, 3.8) is 0 Å². The molecule has 0 aliphatic rings. The zero-order valence-electron chi connectivity index (χ0n) is 11.3. The number of anilines is 1. The quantitative estimate of drug-likeness (QED) is 0.601. The molecule has 0 aliphatic carbocycles. The fraction of sp³-hybridized carbons (Fsp3) is 0.462. The highest BCUT2D eigenvalue weighted by molar-refractivity contribution is 5.87. The first kappa shape index (κ1) is 13.6. The summed E-state index contributed by atoms with van der Waals surface area (Å²) in [4.78, 5) is 0. The van der Waals surface area contributed by atoms with Crippen LogP contribution in [0.1, 0.15) is 0 Å². The minimum Gasteiger partial charge on any atom is -0.474 e. The summed E-state index contributed by atoms with van der Waals surface area (Å²) in [5, 5.41) is 5.24. The van der Waals surface area contributed by atoms with E-state index in [1.807, 2.05) is 25.2 Å². The largest absolute Gasteiger partial charge is 0.474 e. The number of nitrogen functional groups attached to an aromatic ring is 1. The molecular formula is C13H19N3O3. The van der Waals surface area contributed by atoms with Crippen molar-refractivity contribution in [1.82, 2.24) is 9.78 Å². The number of benzene rings is 1. The monoisotopic (exact) mass is 265 g/mol. The molecule has 6 nitrogen and oxygen atoms in total. The highest BCUT2D eigenvalue weighted by Crippen LogP contribution is 2.26. The maximum Gasteiger partial charge on any atom is 0.240 e. The predicted molar refractivity (Wildman–Crippen MR) is 73.3 cm³/mol. The molecule has 0 aliphatic heterocycles. The van der Waals surface area contributed by atoms with Crippen LogP contribution in [0.2, 0.25) is 0 Å². The number of aromatic nitrogens is 2. The van der Waals surface area contributed by atoms with Gasteiger partial charge in [-0.1, -0.05) is 0 Å². The molecule has 0 saturated heterocycles. The van der Waals surface area contributed by atoms with Gasteiger partial charge in [0.1, 0.15) is 6.61 Å². The molecule has 0 fully saturated rings. The standard InChI is InChI=1S/C13H19N3O3/c1-16-12-4-3-10(14)9-11(12)13(15-16)19-8-7-18-6-5-17-2/h3-4,9H,5-8,14H2,1-2H3. The van der Waals surface area contributed by atoms with Gasteiger partial charge >= 0.3 is 0 Å². The lowest BCUT2D eigenvalue weighted by atomic mass is 10.2. The van der Waals surface area contributed by atoms with Crippen molar-refractivity contribution in [3.8, 4) is 5.88 Å². The Labute approximate surface area is 112 Å². The summed E-state index contributed by atoms with van der Waals surface area (Å²) in [7, 11) is 3.52. The maximum absolute atomic E-state index is 5.78. The van der Waals surface area contributed by atoms with Gasteiger partial charge < -0.3 is 19.9 Å². The van der Waals surface area contributed by atoms with Crippen LogP contribution in [0.4, 0.5) is 5.69 Å². The van der Waals surface area contributed by atoms with Gasteiger partial charge in [-0.3, -0.25) is 4.68 Å². The second-order valence-electron chi connectivity index (χ2n) is 4.16. The van der Waals surface area contributed by atoms with Crippen LogP contribution in [0.5, 0.6) is 5.88 Å². The average molecular weight is 265 g/mol. The van der Waals surface area contributed by atoms with Gasteiger partial charge in [-0.05, 0) is 18.2 Å². The molecule has 104 valence electrons. The van der Waals surface area contributed by atoms with Gasteiger partial charge in [-0.2, -0.15) is 0 Å². The number of rotatable bonds is 7. The molecule has 0 unspecified atom stereocenters. The number of nitrogens with two attached hydrogens (primary N) is 1. The van der Waals surface area contributed by atoms with Gasteiger partial charge in [0.2, 0.25) is 5.88 Å². The van der Waals surface area contributed by atoms with Crippen LogP contribution in [0.25, 0.3) is 10.9 Å². The molecule has 1 aromatic carbocycles. The summed E-state index contributed by atoms with van der Waals surface area (Å²) in [6.07, 6.45) is 0. The molecular weight excluding hydrogens is 246 g/mol. The van der Waals surface area contributed by atoms with Gasteiger partial charge in [-0.15, -0.1) is 5.10 Å². The van der Waals surface area contributed by atoms with Crippen molar-refractivity contribution in [2.24, 2.45) is 7.05 Å². The Bertz CT molecular complexity index is 539. The number of fused-ring (bicyclic) bond motifs is 1. The SMILES string of the molecule is COCCOCCOc1nn(C)c2ccc(N)cc12. The maximum atomic E-state index is 5.78. The van der Waals surface area contributed by atoms with Crippen LogP contribution in [0, 0.1) is 0 Å². The van der Waals surface area contributed by atoms with E-state index in [9.17, 15) is 0 Å². The molecule has 0 amide bonds. The number of hydrogen-bond donors (Lipinski definition) is 1. The van der Waals surface area contributed by atoms with E-state index in [2.05, 4.69) is 5.10 Å². The van der Waals surface area contributed by atoms with E-state index in [0.717, 1.165) is 10.9 Å². The summed E-state index contributed by atoms with van der Waals surface area (Å²) in [5.74, 6) is 0.583. The Morgan fingerprint density at radius 1 is 1.21 bits per heavy atom. The third-order valence-electron chi connectivity index (χ3n) is 2.74. The van der Waals surface area contributed by atoms with Crippen molar-refractivity contribution in [2.75, 3.05) is 39.3 Å². The molecule has 0 bridgehead atoms. The minimum atomic E-state index is 0.449. The van der Waals surface area contributed by atoms with Gasteiger partial charge in [0, 0.05) is 19.8 Å². The Morgan fingerprint density at radius 2 is 2.00 bits per heavy atom.